The highest BCUT2D eigenvalue weighted by Gasteiger charge is 2.45. The van der Waals surface area contributed by atoms with Crippen molar-refractivity contribution in [3.05, 3.63) is 57.5 Å². The number of aromatic nitrogens is 2. The fourth-order valence-corrected chi connectivity index (χ4v) is 3.20. The number of likely N-dealkylation sites (tertiary alicyclic amines) is 1. The van der Waals surface area contributed by atoms with Crippen LogP contribution in [0.3, 0.4) is 0 Å². The molecule has 0 saturated carbocycles. The summed E-state index contributed by atoms with van der Waals surface area (Å²) >= 11 is 0. The number of benzene rings is 1. The highest BCUT2D eigenvalue weighted by Crippen LogP contribution is 2.39. The first kappa shape index (κ1) is 19.9. The van der Waals surface area contributed by atoms with E-state index < -0.39 is 53.7 Å². The molecule has 1 aromatic heterocycles. The second kappa shape index (κ2) is 7.27. The van der Waals surface area contributed by atoms with Gasteiger partial charge in [-0.2, -0.15) is 0 Å². The first-order valence-electron chi connectivity index (χ1n) is 8.49. The van der Waals surface area contributed by atoms with Crippen LogP contribution in [-0.4, -0.2) is 45.0 Å². The molecule has 0 radical (unpaired) electrons. The third-order valence-corrected chi connectivity index (χ3v) is 4.69. The number of aromatic hydroxyl groups is 1. The summed E-state index contributed by atoms with van der Waals surface area (Å²) in [5.74, 6) is -5.11. The van der Waals surface area contributed by atoms with Gasteiger partial charge in [-0.25, -0.2) is 18.2 Å². The summed E-state index contributed by atoms with van der Waals surface area (Å²) in [6.07, 6.45) is -0.550. The lowest BCUT2D eigenvalue weighted by Crippen LogP contribution is -2.33. The maximum atomic E-state index is 13.7. The Labute approximate surface area is 158 Å². The van der Waals surface area contributed by atoms with Crippen LogP contribution >= 0.6 is 0 Å². The number of amides is 1. The van der Waals surface area contributed by atoms with Gasteiger partial charge < -0.3 is 10.4 Å². The predicted octanol–water partition coefficient (Wildman–Crippen LogP) is 1.57. The molecule has 150 valence electrons. The molecular weight excluding hydrogens is 377 g/mol. The van der Waals surface area contributed by atoms with Gasteiger partial charge in [0, 0.05) is 20.0 Å². The van der Waals surface area contributed by atoms with E-state index in [4.69, 9.17) is 0 Å². The van der Waals surface area contributed by atoms with Gasteiger partial charge in [0.25, 0.3) is 17.4 Å². The van der Waals surface area contributed by atoms with Crippen LogP contribution in [0.5, 0.6) is 5.75 Å². The van der Waals surface area contributed by atoms with Crippen molar-refractivity contribution < 1.29 is 23.1 Å². The molecule has 1 saturated heterocycles. The van der Waals surface area contributed by atoms with Crippen LogP contribution in [0, 0.1) is 5.82 Å². The van der Waals surface area contributed by atoms with Crippen LogP contribution in [-0.2, 0) is 13.6 Å². The Hall–Kier alpha value is -2.88. The van der Waals surface area contributed by atoms with Crippen LogP contribution in [0.25, 0.3) is 0 Å². The van der Waals surface area contributed by atoms with E-state index in [1.807, 2.05) is 0 Å². The number of hydrogen-bond donors (Lipinski definition) is 2. The molecule has 0 bridgehead atoms. The van der Waals surface area contributed by atoms with Crippen LogP contribution in [0.15, 0.2) is 29.1 Å². The zero-order valence-corrected chi connectivity index (χ0v) is 15.2. The normalized spacial score (nSPS) is 19.0. The van der Waals surface area contributed by atoms with Crippen LogP contribution in [0.1, 0.15) is 34.3 Å². The van der Waals surface area contributed by atoms with E-state index in [2.05, 4.69) is 10.3 Å². The van der Waals surface area contributed by atoms with Crippen molar-refractivity contribution in [2.75, 3.05) is 13.6 Å². The molecule has 2 heterocycles. The van der Waals surface area contributed by atoms with Gasteiger partial charge in [0.05, 0.1) is 12.6 Å². The van der Waals surface area contributed by atoms with Gasteiger partial charge in [-0.05, 0) is 24.7 Å². The molecule has 3 rings (SSSR count). The Morgan fingerprint density at radius 2 is 1.96 bits per heavy atom. The van der Waals surface area contributed by atoms with Crippen molar-refractivity contribution in [3.8, 4) is 5.75 Å². The largest absolute Gasteiger partial charge is 0.501 e. The summed E-state index contributed by atoms with van der Waals surface area (Å²) in [6.45, 7) is -0.493. The highest BCUT2D eigenvalue weighted by atomic mass is 19.3. The van der Waals surface area contributed by atoms with Crippen molar-refractivity contribution in [2.45, 2.75) is 24.9 Å². The number of nitrogens with one attached hydrogen (secondary N) is 1. The van der Waals surface area contributed by atoms with Gasteiger partial charge in [-0.15, -0.1) is 0 Å². The molecule has 1 fully saturated rings. The van der Waals surface area contributed by atoms with E-state index in [1.165, 1.54) is 43.3 Å². The minimum Gasteiger partial charge on any atom is -0.501 e. The smallest absolute Gasteiger partial charge is 0.296 e. The Kier molecular flexibility index (Phi) is 5.16. The summed E-state index contributed by atoms with van der Waals surface area (Å²) in [4.78, 5) is 30.1. The van der Waals surface area contributed by atoms with E-state index in [0.29, 0.717) is 5.56 Å². The number of alkyl halides is 2. The summed E-state index contributed by atoms with van der Waals surface area (Å²) < 4.78 is 41.4. The molecule has 10 heteroatoms. The van der Waals surface area contributed by atoms with Crippen molar-refractivity contribution >= 4 is 5.91 Å². The number of carbonyl (C=O) groups is 1. The Balaban J connectivity index is 1.88. The molecule has 28 heavy (non-hydrogen) atoms. The first-order chi connectivity index (χ1) is 13.1. The molecule has 1 aliphatic rings. The molecule has 2 N–H and O–H groups in total. The third-order valence-electron chi connectivity index (χ3n) is 4.69. The summed E-state index contributed by atoms with van der Waals surface area (Å²) in [6, 6.07) is 4.51. The first-order valence-corrected chi connectivity index (χ1v) is 8.49. The Bertz CT molecular complexity index is 960. The second-order valence-corrected chi connectivity index (χ2v) is 6.83. The fourth-order valence-electron chi connectivity index (χ4n) is 3.20. The lowest BCUT2D eigenvalue weighted by molar-refractivity contribution is 0.0139. The van der Waals surface area contributed by atoms with E-state index in [0.717, 1.165) is 4.57 Å². The summed E-state index contributed by atoms with van der Waals surface area (Å²) in [5.41, 5.74) is -0.849. The lowest BCUT2D eigenvalue weighted by Gasteiger charge is -2.21. The van der Waals surface area contributed by atoms with Gasteiger partial charge in [-0.1, -0.05) is 12.1 Å². The fraction of sp³-hybridized carbons (Fsp3) is 0.389. The maximum absolute atomic E-state index is 13.7. The van der Waals surface area contributed by atoms with Crippen molar-refractivity contribution in [2.24, 2.45) is 7.05 Å². The SMILES string of the molecule is CN1CC(F)(F)C[C@H]1c1nc(C(=O)NCc2ccc(F)cc2)c(O)c(=O)n1C. The molecule has 1 atom stereocenters. The van der Waals surface area contributed by atoms with Crippen LogP contribution < -0.4 is 10.9 Å². The van der Waals surface area contributed by atoms with Crippen molar-refractivity contribution in [3.63, 3.8) is 0 Å². The number of hydrogen-bond acceptors (Lipinski definition) is 5. The Morgan fingerprint density at radius 3 is 2.54 bits per heavy atom. The highest BCUT2D eigenvalue weighted by molar-refractivity contribution is 5.94. The van der Waals surface area contributed by atoms with Gasteiger partial charge in [0.1, 0.15) is 11.6 Å². The second-order valence-electron chi connectivity index (χ2n) is 6.83. The predicted molar refractivity (Wildman–Crippen MR) is 93.6 cm³/mol. The average molecular weight is 396 g/mol. The topological polar surface area (TPSA) is 87.5 Å². The maximum Gasteiger partial charge on any atom is 0.296 e. The molecule has 0 unspecified atom stereocenters. The summed E-state index contributed by atoms with van der Waals surface area (Å²) in [5, 5.41) is 12.5. The zero-order chi connectivity index (χ0) is 20.6. The average Bonchev–Trinajstić information content (AvgIpc) is 2.91. The molecule has 1 aromatic carbocycles. The van der Waals surface area contributed by atoms with E-state index >= 15 is 0 Å². The minimum atomic E-state index is -2.94. The molecular formula is C18H19F3N4O3. The summed E-state index contributed by atoms with van der Waals surface area (Å²) in [7, 11) is 2.77. The standard InChI is InChI=1S/C18H19F3N4O3/c1-24-9-18(20,21)7-12(24)15-23-13(14(26)17(28)25(15)2)16(27)22-8-10-3-5-11(19)6-4-10/h3-6,12,26H,7-9H2,1-2H3,(H,22,27)/t12-/m0/s1. The van der Waals surface area contributed by atoms with Crippen molar-refractivity contribution in [1.82, 2.24) is 19.8 Å². The lowest BCUT2D eigenvalue weighted by atomic mass is 10.1. The van der Waals surface area contributed by atoms with Gasteiger partial charge >= 0.3 is 0 Å². The number of carbonyl (C=O) groups excluding carboxylic acids is 1. The third kappa shape index (κ3) is 3.86. The molecule has 0 spiro atoms. The molecule has 0 aliphatic carbocycles. The number of nitrogens with zero attached hydrogens (tertiary/aromatic N) is 3. The molecule has 1 aliphatic heterocycles. The van der Waals surface area contributed by atoms with Gasteiger partial charge in [0.2, 0.25) is 5.75 Å². The quantitative estimate of drug-likeness (QED) is 0.819. The van der Waals surface area contributed by atoms with Crippen LogP contribution in [0.2, 0.25) is 0 Å². The Morgan fingerprint density at radius 1 is 1.32 bits per heavy atom. The molecule has 1 amide bonds. The minimum absolute atomic E-state index is 0.00613. The van der Waals surface area contributed by atoms with E-state index in [9.17, 15) is 27.9 Å². The van der Waals surface area contributed by atoms with E-state index in [-0.39, 0.29) is 12.4 Å². The van der Waals surface area contributed by atoms with Gasteiger partial charge in [-0.3, -0.25) is 19.1 Å². The van der Waals surface area contributed by atoms with Gasteiger partial charge in [0.15, 0.2) is 5.69 Å². The van der Waals surface area contributed by atoms with E-state index in [1.54, 1.807) is 0 Å². The number of halogens is 3. The monoisotopic (exact) mass is 396 g/mol. The molecule has 7 nitrogen and oxygen atoms in total. The zero-order valence-electron chi connectivity index (χ0n) is 15.2. The van der Waals surface area contributed by atoms with Crippen LogP contribution in [0.4, 0.5) is 13.2 Å². The van der Waals surface area contributed by atoms with Crippen molar-refractivity contribution in [1.29, 1.82) is 0 Å². The number of rotatable bonds is 4. The molecule has 2 aromatic rings.